The van der Waals surface area contributed by atoms with Gasteiger partial charge < -0.3 is 9.64 Å². The lowest BCUT2D eigenvalue weighted by atomic mass is 9.88. The molecule has 1 saturated heterocycles. The van der Waals surface area contributed by atoms with Gasteiger partial charge in [0.1, 0.15) is 10.5 Å². The third-order valence-corrected chi connectivity index (χ3v) is 6.53. The first-order valence-electron chi connectivity index (χ1n) is 10.7. The van der Waals surface area contributed by atoms with Crippen molar-refractivity contribution in [3.05, 3.63) is 5.01 Å². The van der Waals surface area contributed by atoms with Crippen LogP contribution in [0.3, 0.4) is 0 Å². The first-order chi connectivity index (χ1) is 14.6. The van der Waals surface area contributed by atoms with Crippen molar-refractivity contribution in [1.29, 1.82) is 0 Å². The molecule has 0 aliphatic carbocycles. The number of amides is 2. The van der Waals surface area contributed by atoms with Crippen molar-refractivity contribution in [3.8, 4) is 24.7 Å². The summed E-state index contributed by atoms with van der Waals surface area (Å²) in [5.41, 5.74) is -0.958. The fourth-order valence-electron chi connectivity index (χ4n) is 3.67. The monoisotopic (exact) mass is 444 g/mol. The van der Waals surface area contributed by atoms with Crippen LogP contribution in [0.5, 0.6) is 0 Å². The number of carbonyl (C=O) groups excluding carboxylic acids is 2. The van der Waals surface area contributed by atoms with Gasteiger partial charge >= 0.3 is 12.0 Å². The summed E-state index contributed by atoms with van der Waals surface area (Å²) in [6.45, 7) is 10.3. The van der Waals surface area contributed by atoms with Gasteiger partial charge in [0.25, 0.3) is 0 Å². The zero-order valence-corrected chi connectivity index (χ0v) is 19.9. The number of esters is 1. The van der Waals surface area contributed by atoms with Gasteiger partial charge in [0, 0.05) is 11.8 Å². The minimum absolute atomic E-state index is 0.0859. The van der Waals surface area contributed by atoms with Crippen LogP contribution < -0.4 is 4.90 Å². The minimum atomic E-state index is -0.833. The van der Waals surface area contributed by atoms with Gasteiger partial charge in [0.2, 0.25) is 11.4 Å². The van der Waals surface area contributed by atoms with Crippen LogP contribution in [0.2, 0.25) is 0 Å². The topological polar surface area (TPSA) is 75.6 Å². The molecule has 0 spiro atoms. The van der Waals surface area contributed by atoms with Crippen LogP contribution in [0, 0.1) is 24.7 Å². The molecule has 1 atom stereocenters. The van der Waals surface area contributed by atoms with Crippen molar-refractivity contribution in [2.45, 2.75) is 90.3 Å². The van der Waals surface area contributed by atoms with Gasteiger partial charge in [-0.1, -0.05) is 64.7 Å². The summed E-state index contributed by atoms with van der Waals surface area (Å²) < 4.78 is 5.67. The van der Waals surface area contributed by atoms with Gasteiger partial charge in [0.15, 0.2) is 0 Å². The zero-order chi connectivity index (χ0) is 23.2. The molecule has 2 amide bonds. The third kappa shape index (κ3) is 5.37. The first kappa shape index (κ1) is 24.7. The largest absolute Gasteiger partial charge is 0.439 e. The number of urea groups is 1. The summed E-state index contributed by atoms with van der Waals surface area (Å²) in [5.74, 6) is 4.85. The van der Waals surface area contributed by atoms with Crippen molar-refractivity contribution in [2.75, 3.05) is 11.4 Å². The predicted molar refractivity (Wildman–Crippen MR) is 123 cm³/mol. The van der Waals surface area contributed by atoms with E-state index in [1.54, 1.807) is 4.90 Å². The molecule has 0 aromatic carbocycles. The van der Waals surface area contributed by atoms with Crippen molar-refractivity contribution < 1.29 is 14.3 Å². The van der Waals surface area contributed by atoms with Gasteiger partial charge in [-0.05, 0) is 12.8 Å². The highest BCUT2D eigenvalue weighted by Gasteiger charge is 2.50. The quantitative estimate of drug-likeness (QED) is 0.418. The molecule has 1 aliphatic rings. The molecule has 1 fully saturated rings. The fraction of sp³-hybridized carbons (Fsp3) is 0.652. The van der Waals surface area contributed by atoms with Crippen LogP contribution in [-0.2, 0) is 14.9 Å². The fourth-order valence-corrected chi connectivity index (χ4v) is 4.60. The van der Waals surface area contributed by atoms with E-state index in [0.717, 1.165) is 17.8 Å². The first-order valence-corrected chi connectivity index (χ1v) is 11.5. The van der Waals surface area contributed by atoms with Gasteiger partial charge in [-0.2, -0.15) is 0 Å². The Bertz CT molecular complexity index is 869. The van der Waals surface area contributed by atoms with Crippen LogP contribution in [0.4, 0.5) is 9.93 Å². The number of carbonyl (C=O) groups is 2. The summed E-state index contributed by atoms with van der Waals surface area (Å²) in [6.07, 6.45) is 13.7. The van der Waals surface area contributed by atoms with E-state index in [0.29, 0.717) is 18.0 Å². The molecule has 0 radical (unpaired) electrons. The zero-order valence-electron chi connectivity index (χ0n) is 19.1. The Morgan fingerprint density at radius 3 is 2.35 bits per heavy atom. The maximum Gasteiger partial charge on any atom is 0.330 e. The van der Waals surface area contributed by atoms with Gasteiger partial charge in [-0.3, -0.25) is 4.79 Å². The Morgan fingerprint density at radius 1 is 1.23 bits per heavy atom. The van der Waals surface area contributed by atoms with Crippen LogP contribution in [0.25, 0.3) is 0 Å². The standard InChI is InChI=1S/C23H32N4O3S/c1-8-12-13-18(28)30-17-16-26(23(11-4,14-9-2)15-10-3)21(29)27(17)20-25-24-19(31-20)22(5,6)7/h1,4,17H,9-10,12-16H2,2-3,5-7H3. The molecule has 2 rings (SSSR count). The van der Waals surface area contributed by atoms with E-state index in [1.165, 1.54) is 16.2 Å². The molecular formula is C23H32N4O3S. The predicted octanol–water partition coefficient (Wildman–Crippen LogP) is 4.33. The van der Waals surface area contributed by atoms with Crippen molar-refractivity contribution >= 4 is 28.5 Å². The summed E-state index contributed by atoms with van der Waals surface area (Å²) >= 11 is 1.32. The van der Waals surface area contributed by atoms with Gasteiger partial charge in [-0.15, -0.1) is 29.0 Å². The molecule has 1 unspecified atom stereocenters. The molecule has 0 saturated carbocycles. The van der Waals surface area contributed by atoms with E-state index < -0.39 is 17.7 Å². The molecular weight excluding hydrogens is 412 g/mol. The maximum absolute atomic E-state index is 13.6. The Balaban J connectivity index is 2.44. The molecule has 8 heteroatoms. The number of terminal acetylenes is 2. The Hall–Kier alpha value is -2.58. The second-order valence-corrected chi connectivity index (χ2v) is 9.68. The number of hydrogen-bond acceptors (Lipinski definition) is 6. The summed E-state index contributed by atoms with van der Waals surface area (Å²) in [4.78, 5) is 29.0. The number of anilines is 1. The third-order valence-electron chi connectivity index (χ3n) is 5.18. The minimum Gasteiger partial charge on any atom is -0.439 e. The SMILES string of the molecule is C#CCCC(=O)OC1CN(C(C#C)(CCC)CCC)C(=O)N1c1nnc(C(C)(C)C)s1. The maximum atomic E-state index is 13.6. The van der Waals surface area contributed by atoms with Gasteiger partial charge in [-0.25, -0.2) is 9.69 Å². The average molecular weight is 445 g/mol. The number of hydrogen-bond donors (Lipinski definition) is 0. The highest BCUT2D eigenvalue weighted by Crippen LogP contribution is 2.38. The normalized spacial score (nSPS) is 16.9. The van der Waals surface area contributed by atoms with E-state index >= 15 is 0 Å². The molecule has 168 valence electrons. The summed E-state index contributed by atoms with van der Waals surface area (Å²) in [7, 11) is 0. The van der Waals surface area contributed by atoms with E-state index in [4.69, 9.17) is 17.6 Å². The highest BCUT2D eigenvalue weighted by atomic mass is 32.1. The molecule has 1 aromatic rings. The molecule has 31 heavy (non-hydrogen) atoms. The van der Waals surface area contributed by atoms with Crippen molar-refractivity contribution in [2.24, 2.45) is 0 Å². The molecule has 2 heterocycles. The van der Waals surface area contributed by atoms with Crippen LogP contribution in [-0.4, -0.2) is 45.4 Å². The molecule has 1 aromatic heterocycles. The van der Waals surface area contributed by atoms with Crippen molar-refractivity contribution in [1.82, 2.24) is 15.1 Å². The number of nitrogens with zero attached hydrogens (tertiary/aromatic N) is 4. The lowest BCUT2D eigenvalue weighted by Crippen LogP contribution is -2.49. The lowest BCUT2D eigenvalue weighted by molar-refractivity contribution is -0.148. The Morgan fingerprint density at radius 2 is 1.87 bits per heavy atom. The average Bonchev–Trinajstić information content (AvgIpc) is 3.31. The Labute approximate surface area is 189 Å². The highest BCUT2D eigenvalue weighted by molar-refractivity contribution is 7.15. The molecule has 0 N–H and O–H groups in total. The van der Waals surface area contributed by atoms with Crippen molar-refractivity contribution in [3.63, 3.8) is 0 Å². The number of rotatable bonds is 9. The van der Waals surface area contributed by atoms with Gasteiger partial charge in [0.05, 0.1) is 13.0 Å². The second kappa shape index (κ2) is 10.2. The van der Waals surface area contributed by atoms with E-state index in [-0.39, 0.29) is 30.8 Å². The lowest BCUT2D eigenvalue weighted by Gasteiger charge is -2.37. The van der Waals surface area contributed by atoms with E-state index in [1.807, 2.05) is 34.6 Å². The second-order valence-electron chi connectivity index (χ2n) is 8.73. The van der Waals surface area contributed by atoms with E-state index in [2.05, 4.69) is 22.0 Å². The number of aromatic nitrogens is 2. The molecule has 0 bridgehead atoms. The van der Waals surface area contributed by atoms with E-state index in [9.17, 15) is 9.59 Å². The summed E-state index contributed by atoms with van der Waals surface area (Å²) in [6, 6.07) is -0.314. The molecule has 1 aliphatic heterocycles. The van der Waals surface area contributed by atoms with Crippen LogP contribution in [0.1, 0.15) is 78.2 Å². The number of ether oxygens (including phenoxy) is 1. The summed E-state index contributed by atoms with van der Waals surface area (Å²) in [5, 5.41) is 9.68. The molecule has 7 nitrogen and oxygen atoms in total. The van der Waals surface area contributed by atoms with Crippen LogP contribution in [0.15, 0.2) is 0 Å². The smallest absolute Gasteiger partial charge is 0.330 e. The van der Waals surface area contributed by atoms with Crippen LogP contribution >= 0.6 is 11.3 Å². The Kier molecular flexibility index (Phi) is 8.08.